The second-order valence-electron chi connectivity index (χ2n) is 6.43. The maximum atomic E-state index is 12.4. The second kappa shape index (κ2) is 9.03. The third-order valence-electron chi connectivity index (χ3n) is 3.65. The lowest BCUT2D eigenvalue weighted by molar-refractivity contribution is 0.0697. The molecule has 0 bridgehead atoms. The van der Waals surface area contributed by atoms with Gasteiger partial charge in [0, 0.05) is 18.3 Å². The van der Waals surface area contributed by atoms with Crippen molar-refractivity contribution < 1.29 is 18.3 Å². The topological polar surface area (TPSA) is 95.5 Å². The van der Waals surface area contributed by atoms with Crippen molar-refractivity contribution in [2.24, 2.45) is 5.92 Å². The van der Waals surface area contributed by atoms with Crippen molar-refractivity contribution >= 4 is 21.7 Å². The fraction of sp³-hybridized carbons (Fsp3) is 0.588. The Morgan fingerprint density at radius 3 is 2.42 bits per heavy atom. The monoisotopic (exact) mass is 356 g/mol. The molecule has 0 saturated heterocycles. The molecule has 1 aromatic carbocycles. The number of hydrogen-bond donors (Lipinski definition) is 3. The van der Waals surface area contributed by atoms with Crippen molar-refractivity contribution in [1.29, 1.82) is 0 Å². The van der Waals surface area contributed by atoms with Crippen LogP contribution in [0.5, 0.6) is 0 Å². The number of aromatic carboxylic acids is 1. The lowest BCUT2D eigenvalue weighted by Gasteiger charge is -2.15. The number of sulfonamides is 1. The molecule has 0 aliphatic rings. The molecule has 0 aromatic heterocycles. The molecular formula is C17H28N2O4S. The van der Waals surface area contributed by atoms with E-state index in [0.29, 0.717) is 18.2 Å². The van der Waals surface area contributed by atoms with E-state index in [2.05, 4.69) is 23.9 Å². The van der Waals surface area contributed by atoms with E-state index in [1.165, 1.54) is 18.2 Å². The van der Waals surface area contributed by atoms with E-state index in [0.717, 1.165) is 19.3 Å². The van der Waals surface area contributed by atoms with Gasteiger partial charge < -0.3 is 10.4 Å². The highest BCUT2D eigenvalue weighted by atomic mass is 32.2. The number of hydrogen-bond acceptors (Lipinski definition) is 4. The van der Waals surface area contributed by atoms with Crippen molar-refractivity contribution in [2.75, 3.05) is 11.9 Å². The fourth-order valence-corrected chi connectivity index (χ4v) is 3.65. The van der Waals surface area contributed by atoms with E-state index in [4.69, 9.17) is 0 Å². The SMILES string of the molecule is CCCC(C)NS(=O)(=O)c1ccc(NCCC(C)C)c(C(=O)O)c1. The van der Waals surface area contributed by atoms with Gasteiger partial charge in [-0.15, -0.1) is 0 Å². The first-order valence-electron chi connectivity index (χ1n) is 8.31. The van der Waals surface area contributed by atoms with Crippen LogP contribution in [0.4, 0.5) is 5.69 Å². The number of carboxylic acids is 1. The highest BCUT2D eigenvalue weighted by molar-refractivity contribution is 7.89. The Bertz CT molecular complexity index is 657. The minimum atomic E-state index is -3.73. The highest BCUT2D eigenvalue weighted by Gasteiger charge is 2.20. The zero-order chi connectivity index (χ0) is 18.3. The van der Waals surface area contributed by atoms with Crippen LogP contribution in [-0.2, 0) is 10.0 Å². The largest absolute Gasteiger partial charge is 0.478 e. The molecular weight excluding hydrogens is 328 g/mol. The molecule has 1 rings (SSSR count). The molecule has 7 heteroatoms. The van der Waals surface area contributed by atoms with Crippen LogP contribution in [0, 0.1) is 5.92 Å². The Balaban J connectivity index is 3.02. The van der Waals surface area contributed by atoms with E-state index in [9.17, 15) is 18.3 Å². The van der Waals surface area contributed by atoms with Gasteiger partial charge in [0.25, 0.3) is 0 Å². The van der Waals surface area contributed by atoms with Gasteiger partial charge in [-0.05, 0) is 43.9 Å². The molecule has 24 heavy (non-hydrogen) atoms. The second-order valence-corrected chi connectivity index (χ2v) is 8.15. The number of benzene rings is 1. The van der Waals surface area contributed by atoms with E-state index in [1.807, 2.05) is 6.92 Å². The summed E-state index contributed by atoms with van der Waals surface area (Å²) in [6, 6.07) is 3.96. The van der Waals surface area contributed by atoms with E-state index in [1.54, 1.807) is 6.92 Å². The quantitative estimate of drug-likeness (QED) is 0.598. The van der Waals surface area contributed by atoms with E-state index < -0.39 is 16.0 Å². The summed E-state index contributed by atoms with van der Waals surface area (Å²) in [5.74, 6) is -0.657. The highest BCUT2D eigenvalue weighted by Crippen LogP contribution is 2.21. The summed E-state index contributed by atoms with van der Waals surface area (Å²) in [5.41, 5.74) is 0.397. The summed E-state index contributed by atoms with van der Waals surface area (Å²) in [5, 5.41) is 12.4. The Labute approximate surface area is 144 Å². The van der Waals surface area contributed by atoms with Gasteiger partial charge in [0.1, 0.15) is 0 Å². The Morgan fingerprint density at radius 2 is 1.88 bits per heavy atom. The molecule has 0 spiro atoms. The summed E-state index contributed by atoms with van der Waals surface area (Å²) in [7, 11) is -3.73. The van der Waals surface area contributed by atoms with Gasteiger partial charge in [-0.2, -0.15) is 0 Å². The van der Waals surface area contributed by atoms with Crippen molar-refractivity contribution in [3.05, 3.63) is 23.8 Å². The lowest BCUT2D eigenvalue weighted by Crippen LogP contribution is -2.32. The van der Waals surface area contributed by atoms with Crippen LogP contribution in [-0.4, -0.2) is 32.1 Å². The summed E-state index contributed by atoms with van der Waals surface area (Å²) in [6.07, 6.45) is 2.48. The number of nitrogens with one attached hydrogen (secondary N) is 2. The summed E-state index contributed by atoms with van der Waals surface area (Å²) in [6.45, 7) is 8.57. The minimum absolute atomic E-state index is 0.0303. The average molecular weight is 356 g/mol. The van der Waals surface area contributed by atoms with Gasteiger partial charge >= 0.3 is 5.97 Å². The van der Waals surface area contributed by atoms with Gasteiger partial charge in [-0.3, -0.25) is 0 Å². The number of carboxylic acid groups (broad SMARTS) is 1. The lowest BCUT2D eigenvalue weighted by atomic mass is 10.1. The van der Waals surface area contributed by atoms with Gasteiger partial charge in [0.2, 0.25) is 10.0 Å². The zero-order valence-electron chi connectivity index (χ0n) is 14.8. The minimum Gasteiger partial charge on any atom is -0.478 e. The van der Waals surface area contributed by atoms with Crippen LogP contribution < -0.4 is 10.0 Å². The van der Waals surface area contributed by atoms with Crippen LogP contribution in [0.1, 0.15) is 57.3 Å². The molecule has 1 unspecified atom stereocenters. The van der Waals surface area contributed by atoms with E-state index >= 15 is 0 Å². The molecule has 3 N–H and O–H groups in total. The number of carbonyl (C=O) groups is 1. The van der Waals surface area contributed by atoms with Gasteiger partial charge in [0.15, 0.2) is 0 Å². The van der Waals surface area contributed by atoms with Crippen LogP contribution in [0.3, 0.4) is 0 Å². The molecule has 0 saturated carbocycles. The third-order valence-corrected chi connectivity index (χ3v) is 5.23. The van der Waals surface area contributed by atoms with Crippen LogP contribution in [0.15, 0.2) is 23.1 Å². The Kier molecular flexibility index (Phi) is 7.69. The predicted octanol–water partition coefficient (Wildman–Crippen LogP) is 3.31. The summed E-state index contributed by atoms with van der Waals surface area (Å²) >= 11 is 0. The maximum absolute atomic E-state index is 12.4. The molecule has 0 aliphatic heterocycles. The molecule has 136 valence electrons. The molecule has 1 aromatic rings. The molecule has 0 heterocycles. The Morgan fingerprint density at radius 1 is 1.21 bits per heavy atom. The Hall–Kier alpha value is -1.60. The first-order valence-corrected chi connectivity index (χ1v) is 9.79. The number of anilines is 1. The van der Waals surface area contributed by atoms with Gasteiger partial charge in [-0.1, -0.05) is 27.2 Å². The molecule has 0 aliphatic carbocycles. The van der Waals surface area contributed by atoms with Crippen molar-refractivity contribution in [2.45, 2.75) is 57.9 Å². The van der Waals surface area contributed by atoms with Crippen LogP contribution >= 0.6 is 0 Å². The number of rotatable bonds is 10. The first kappa shape index (κ1) is 20.4. The van der Waals surface area contributed by atoms with Gasteiger partial charge in [0.05, 0.1) is 10.5 Å². The normalized spacial score (nSPS) is 13.0. The average Bonchev–Trinajstić information content (AvgIpc) is 2.46. The smallest absolute Gasteiger partial charge is 0.337 e. The van der Waals surface area contributed by atoms with Crippen LogP contribution in [0.25, 0.3) is 0 Å². The molecule has 0 fully saturated rings. The van der Waals surface area contributed by atoms with Crippen molar-refractivity contribution in [3.8, 4) is 0 Å². The van der Waals surface area contributed by atoms with Crippen molar-refractivity contribution in [3.63, 3.8) is 0 Å². The molecule has 1 atom stereocenters. The van der Waals surface area contributed by atoms with E-state index in [-0.39, 0.29) is 16.5 Å². The standard InChI is InChI=1S/C17H28N2O4S/c1-5-6-13(4)19-24(22,23)14-7-8-16(15(11-14)17(20)21)18-10-9-12(2)3/h7-8,11-13,18-19H,5-6,9-10H2,1-4H3,(H,20,21). The third kappa shape index (κ3) is 6.13. The maximum Gasteiger partial charge on any atom is 0.337 e. The summed E-state index contributed by atoms with van der Waals surface area (Å²) in [4.78, 5) is 11.4. The predicted molar refractivity (Wildman–Crippen MR) is 96.0 cm³/mol. The zero-order valence-corrected chi connectivity index (χ0v) is 15.6. The summed E-state index contributed by atoms with van der Waals surface area (Å²) < 4.78 is 27.3. The fourth-order valence-electron chi connectivity index (χ4n) is 2.34. The molecule has 6 nitrogen and oxygen atoms in total. The van der Waals surface area contributed by atoms with Crippen molar-refractivity contribution in [1.82, 2.24) is 4.72 Å². The van der Waals surface area contributed by atoms with Gasteiger partial charge in [-0.25, -0.2) is 17.9 Å². The molecule has 0 amide bonds. The molecule has 0 radical (unpaired) electrons. The van der Waals surface area contributed by atoms with Crippen LogP contribution in [0.2, 0.25) is 0 Å². The first-order chi connectivity index (χ1) is 11.2.